The lowest BCUT2D eigenvalue weighted by Gasteiger charge is -2.07. The van der Waals surface area contributed by atoms with Crippen molar-refractivity contribution < 1.29 is 18.3 Å². The average Bonchev–Trinajstić information content (AvgIpc) is 2.39. The van der Waals surface area contributed by atoms with E-state index in [9.17, 15) is 13.2 Å². The zero-order valence-corrected chi connectivity index (χ0v) is 11.0. The lowest BCUT2D eigenvalue weighted by molar-refractivity contribution is 0.0696. The van der Waals surface area contributed by atoms with Gasteiger partial charge in [0.25, 0.3) is 0 Å². The van der Waals surface area contributed by atoms with Crippen LogP contribution in [0.5, 0.6) is 0 Å². The van der Waals surface area contributed by atoms with E-state index >= 15 is 0 Å². The normalized spacial score (nSPS) is 11.0. The molecule has 1 heterocycles. The first-order valence-electron chi connectivity index (χ1n) is 5.54. The van der Waals surface area contributed by atoms with E-state index in [1.54, 1.807) is 6.07 Å². The minimum atomic E-state index is -3.65. The molecule has 104 valence electrons. The molecule has 0 saturated carbocycles. The Morgan fingerprint density at radius 3 is 2.60 bits per heavy atom. The van der Waals surface area contributed by atoms with E-state index in [2.05, 4.69) is 14.7 Å². The fourth-order valence-electron chi connectivity index (χ4n) is 1.58. The van der Waals surface area contributed by atoms with Crippen LogP contribution in [0.3, 0.4) is 0 Å². The van der Waals surface area contributed by atoms with Crippen molar-refractivity contribution in [2.45, 2.75) is 5.75 Å². The van der Waals surface area contributed by atoms with Gasteiger partial charge in [-0.1, -0.05) is 12.1 Å². The highest BCUT2D eigenvalue weighted by Gasteiger charge is 2.13. The molecule has 0 fully saturated rings. The van der Waals surface area contributed by atoms with E-state index in [-0.39, 0.29) is 17.0 Å². The van der Waals surface area contributed by atoms with Crippen LogP contribution in [0, 0.1) is 0 Å². The molecule has 0 radical (unpaired) electrons. The largest absolute Gasteiger partial charge is 0.478 e. The monoisotopic (exact) mass is 293 g/mol. The van der Waals surface area contributed by atoms with E-state index in [0.717, 1.165) is 0 Å². The van der Waals surface area contributed by atoms with Crippen LogP contribution < -0.4 is 4.72 Å². The van der Waals surface area contributed by atoms with Crippen LogP contribution >= 0.6 is 0 Å². The number of anilines is 1. The second kappa shape index (κ2) is 5.66. The number of rotatable bonds is 5. The van der Waals surface area contributed by atoms with Crippen molar-refractivity contribution in [2.24, 2.45) is 0 Å². The van der Waals surface area contributed by atoms with Gasteiger partial charge in [0.1, 0.15) is 6.33 Å². The van der Waals surface area contributed by atoms with Gasteiger partial charge in [0.05, 0.1) is 29.4 Å². The fraction of sp³-hybridized carbons (Fsp3) is 0.0833. The van der Waals surface area contributed by atoms with Gasteiger partial charge in [-0.2, -0.15) is 0 Å². The zero-order valence-electron chi connectivity index (χ0n) is 10.2. The van der Waals surface area contributed by atoms with Crippen LogP contribution in [-0.2, 0) is 15.8 Å². The van der Waals surface area contributed by atoms with E-state index in [1.165, 1.54) is 36.9 Å². The maximum Gasteiger partial charge on any atom is 0.335 e. The van der Waals surface area contributed by atoms with Crippen LogP contribution in [0.15, 0.2) is 43.0 Å². The lowest BCUT2D eigenvalue weighted by Crippen LogP contribution is -2.15. The molecule has 2 N–H and O–H groups in total. The van der Waals surface area contributed by atoms with Crippen molar-refractivity contribution in [1.82, 2.24) is 9.97 Å². The third-order valence-electron chi connectivity index (χ3n) is 2.36. The molecular formula is C12H11N3O4S. The van der Waals surface area contributed by atoms with Crippen LogP contribution in [0.1, 0.15) is 15.9 Å². The first-order chi connectivity index (χ1) is 9.46. The number of nitrogens with one attached hydrogen (secondary N) is 1. The van der Waals surface area contributed by atoms with Gasteiger partial charge in [-0.05, 0) is 17.7 Å². The van der Waals surface area contributed by atoms with Crippen LogP contribution in [0.2, 0.25) is 0 Å². The first-order valence-corrected chi connectivity index (χ1v) is 7.19. The lowest BCUT2D eigenvalue weighted by atomic mass is 10.1. The zero-order chi connectivity index (χ0) is 14.6. The van der Waals surface area contributed by atoms with Crippen LogP contribution in [-0.4, -0.2) is 29.5 Å². The summed E-state index contributed by atoms with van der Waals surface area (Å²) in [5.74, 6) is -1.43. The molecule has 7 nitrogen and oxygen atoms in total. The van der Waals surface area contributed by atoms with Gasteiger partial charge >= 0.3 is 5.97 Å². The third kappa shape index (κ3) is 3.75. The van der Waals surface area contributed by atoms with Gasteiger partial charge in [-0.25, -0.2) is 23.2 Å². The smallest absolute Gasteiger partial charge is 0.335 e. The Morgan fingerprint density at radius 1 is 1.25 bits per heavy atom. The van der Waals surface area contributed by atoms with Crippen molar-refractivity contribution in [3.05, 3.63) is 54.1 Å². The number of hydrogen-bond acceptors (Lipinski definition) is 5. The average molecular weight is 293 g/mol. The van der Waals surface area contributed by atoms with Gasteiger partial charge < -0.3 is 5.11 Å². The van der Waals surface area contributed by atoms with Crippen molar-refractivity contribution in [3.8, 4) is 0 Å². The Bertz CT molecular complexity index is 716. The molecule has 2 aromatic rings. The van der Waals surface area contributed by atoms with Gasteiger partial charge in [-0.3, -0.25) is 4.72 Å². The topological polar surface area (TPSA) is 109 Å². The summed E-state index contributed by atoms with van der Waals surface area (Å²) < 4.78 is 26.2. The Labute approximate surface area is 115 Å². The predicted molar refractivity (Wildman–Crippen MR) is 71.7 cm³/mol. The molecule has 0 aliphatic rings. The molecule has 0 amide bonds. The summed E-state index contributed by atoms with van der Waals surface area (Å²) in [6.45, 7) is 0. The maximum absolute atomic E-state index is 11.9. The quantitative estimate of drug-likeness (QED) is 0.854. The molecule has 8 heteroatoms. The second-order valence-electron chi connectivity index (χ2n) is 3.99. The van der Waals surface area contributed by atoms with Crippen LogP contribution in [0.4, 0.5) is 5.69 Å². The van der Waals surface area contributed by atoms with Gasteiger partial charge in [0.15, 0.2) is 0 Å². The number of sulfonamides is 1. The summed E-state index contributed by atoms with van der Waals surface area (Å²) >= 11 is 0. The predicted octanol–water partition coefficient (Wildman–Crippen LogP) is 1.12. The standard InChI is InChI=1S/C12H11N3O4S/c16-12(17)10-3-1-2-9(4-10)7-20(18,19)15-11-5-13-8-14-6-11/h1-6,8,15H,7H2,(H,16,17). The second-order valence-corrected chi connectivity index (χ2v) is 5.72. The van der Waals surface area contributed by atoms with E-state index in [0.29, 0.717) is 5.56 Å². The molecular weight excluding hydrogens is 282 g/mol. The fourth-order valence-corrected chi connectivity index (χ4v) is 2.74. The number of carbonyl (C=O) groups is 1. The van der Waals surface area contributed by atoms with E-state index in [4.69, 9.17) is 5.11 Å². The highest BCUT2D eigenvalue weighted by molar-refractivity contribution is 7.91. The molecule has 0 aliphatic heterocycles. The molecule has 0 spiro atoms. The van der Waals surface area contributed by atoms with Crippen LogP contribution in [0.25, 0.3) is 0 Å². The summed E-state index contributed by atoms with van der Waals surface area (Å²) in [5.41, 5.74) is 0.678. The molecule has 0 bridgehead atoms. The van der Waals surface area contributed by atoms with Crippen molar-refractivity contribution in [3.63, 3.8) is 0 Å². The summed E-state index contributed by atoms with van der Waals surface area (Å²) in [6, 6.07) is 5.77. The van der Waals surface area contributed by atoms with Crippen molar-refractivity contribution in [2.75, 3.05) is 4.72 Å². The van der Waals surface area contributed by atoms with Crippen molar-refractivity contribution >= 4 is 21.7 Å². The highest BCUT2D eigenvalue weighted by atomic mass is 32.2. The maximum atomic E-state index is 11.9. The molecule has 0 saturated heterocycles. The molecule has 1 aromatic carbocycles. The Balaban J connectivity index is 2.16. The van der Waals surface area contributed by atoms with Gasteiger partial charge in [0, 0.05) is 0 Å². The summed E-state index contributed by atoms with van der Waals surface area (Å²) in [4.78, 5) is 18.2. The first kappa shape index (κ1) is 13.9. The van der Waals surface area contributed by atoms with E-state index in [1.807, 2.05) is 0 Å². The molecule has 1 aromatic heterocycles. The minimum absolute atomic E-state index is 0.0424. The molecule has 2 rings (SSSR count). The number of aromatic nitrogens is 2. The van der Waals surface area contributed by atoms with E-state index < -0.39 is 16.0 Å². The molecule has 0 atom stereocenters. The third-order valence-corrected chi connectivity index (χ3v) is 3.62. The Morgan fingerprint density at radius 2 is 1.95 bits per heavy atom. The summed E-state index contributed by atoms with van der Waals surface area (Å²) in [5, 5.41) is 8.86. The van der Waals surface area contributed by atoms with Gasteiger partial charge in [0.2, 0.25) is 10.0 Å². The Hall–Kier alpha value is -2.48. The SMILES string of the molecule is O=C(O)c1cccc(CS(=O)(=O)Nc2cncnc2)c1. The number of carboxylic acid groups (broad SMARTS) is 1. The highest BCUT2D eigenvalue weighted by Crippen LogP contribution is 2.12. The number of benzene rings is 1. The number of aromatic carboxylic acids is 1. The molecule has 0 aliphatic carbocycles. The number of hydrogen-bond donors (Lipinski definition) is 2. The minimum Gasteiger partial charge on any atom is -0.478 e. The molecule has 0 unspecified atom stereocenters. The number of nitrogens with zero attached hydrogens (tertiary/aromatic N) is 2. The summed E-state index contributed by atoms with van der Waals surface area (Å²) in [7, 11) is -3.65. The summed E-state index contributed by atoms with van der Waals surface area (Å²) in [6.07, 6.45) is 3.95. The number of carboxylic acids is 1. The molecule has 20 heavy (non-hydrogen) atoms. The Kier molecular flexibility index (Phi) is 3.94. The van der Waals surface area contributed by atoms with Crippen molar-refractivity contribution in [1.29, 1.82) is 0 Å². The van der Waals surface area contributed by atoms with Gasteiger partial charge in [-0.15, -0.1) is 0 Å².